The van der Waals surface area contributed by atoms with E-state index in [0.717, 1.165) is 16.7 Å². The number of carbonyl (C=O) groups is 1. The van der Waals surface area contributed by atoms with Crippen molar-refractivity contribution in [1.82, 2.24) is 5.32 Å². The van der Waals surface area contributed by atoms with E-state index in [2.05, 4.69) is 5.32 Å². The van der Waals surface area contributed by atoms with Gasteiger partial charge < -0.3 is 19.2 Å². The molecule has 0 radical (unpaired) electrons. The Kier molecular flexibility index (Phi) is 5.46. The molecule has 0 fully saturated rings. The minimum atomic E-state index is -0.234. The highest BCUT2D eigenvalue weighted by molar-refractivity contribution is 5.84. The lowest BCUT2D eigenvalue weighted by Gasteiger charge is -2.11. The van der Waals surface area contributed by atoms with Gasteiger partial charge in [-0.1, -0.05) is 24.3 Å². The third-order valence-corrected chi connectivity index (χ3v) is 4.15. The molecule has 3 rings (SSSR count). The minimum absolute atomic E-state index is 0.0619. The summed E-state index contributed by atoms with van der Waals surface area (Å²) >= 11 is 0. The number of benzene rings is 2. The van der Waals surface area contributed by atoms with Crippen LogP contribution >= 0.6 is 0 Å². The summed E-state index contributed by atoms with van der Waals surface area (Å²) in [4.78, 5) is 12.3. The SMILES string of the molecule is CCOc1cccc2cc(C(C)NC(=O)Cc3ccc(OC)cc3)oc12. The largest absolute Gasteiger partial charge is 0.497 e. The number of rotatable bonds is 7. The van der Waals surface area contributed by atoms with Gasteiger partial charge in [0.2, 0.25) is 5.91 Å². The third kappa shape index (κ3) is 3.99. The summed E-state index contributed by atoms with van der Waals surface area (Å²) < 4.78 is 16.7. The number of carbonyl (C=O) groups excluding carboxylic acids is 1. The van der Waals surface area contributed by atoms with Gasteiger partial charge in [0.25, 0.3) is 0 Å². The number of methoxy groups -OCH3 is 1. The highest BCUT2D eigenvalue weighted by Gasteiger charge is 2.16. The van der Waals surface area contributed by atoms with Crippen molar-refractivity contribution in [2.24, 2.45) is 0 Å². The van der Waals surface area contributed by atoms with Crippen LogP contribution in [0.1, 0.15) is 31.2 Å². The van der Waals surface area contributed by atoms with E-state index in [-0.39, 0.29) is 11.9 Å². The summed E-state index contributed by atoms with van der Waals surface area (Å²) in [6.45, 7) is 4.41. The van der Waals surface area contributed by atoms with Crippen molar-refractivity contribution in [3.8, 4) is 11.5 Å². The second-order valence-corrected chi connectivity index (χ2v) is 6.07. The standard InChI is InChI=1S/C21H23NO4/c1-4-25-18-7-5-6-16-13-19(26-21(16)18)14(2)22-20(23)12-15-8-10-17(24-3)11-9-15/h5-11,13-14H,4,12H2,1-3H3,(H,22,23). The van der Waals surface area contributed by atoms with Crippen LogP contribution in [0.2, 0.25) is 0 Å². The molecule has 2 aromatic carbocycles. The molecular formula is C21H23NO4. The zero-order chi connectivity index (χ0) is 18.5. The topological polar surface area (TPSA) is 60.7 Å². The molecule has 0 aliphatic heterocycles. The Hall–Kier alpha value is -2.95. The van der Waals surface area contributed by atoms with Crippen molar-refractivity contribution >= 4 is 16.9 Å². The van der Waals surface area contributed by atoms with Gasteiger partial charge in [-0.2, -0.15) is 0 Å². The van der Waals surface area contributed by atoms with Crippen LogP contribution in [0.3, 0.4) is 0 Å². The summed E-state index contributed by atoms with van der Waals surface area (Å²) in [7, 11) is 1.62. The molecule has 0 saturated carbocycles. The van der Waals surface area contributed by atoms with Gasteiger partial charge in [-0.05, 0) is 43.7 Å². The Morgan fingerprint density at radius 3 is 2.65 bits per heavy atom. The van der Waals surface area contributed by atoms with E-state index in [0.29, 0.717) is 30.1 Å². The number of fused-ring (bicyclic) bond motifs is 1. The molecule has 1 aromatic heterocycles. The van der Waals surface area contributed by atoms with E-state index in [1.54, 1.807) is 7.11 Å². The minimum Gasteiger partial charge on any atom is -0.497 e. The molecule has 1 atom stereocenters. The molecule has 0 aliphatic carbocycles. The molecule has 5 nitrogen and oxygen atoms in total. The van der Waals surface area contributed by atoms with Gasteiger partial charge in [0.05, 0.1) is 26.2 Å². The van der Waals surface area contributed by atoms with Crippen LogP contribution in [0.15, 0.2) is 52.9 Å². The smallest absolute Gasteiger partial charge is 0.224 e. The summed E-state index contributed by atoms with van der Waals surface area (Å²) in [6.07, 6.45) is 0.304. The first-order valence-corrected chi connectivity index (χ1v) is 8.68. The average Bonchev–Trinajstić information content (AvgIpc) is 3.08. The molecule has 136 valence electrons. The fraction of sp³-hybridized carbons (Fsp3) is 0.286. The van der Waals surface area contributed by atoms with Gasteiger partial charge in [0, 0.05) is 5.39 Å². The van der Waals surface area contributed by atoms with E-state index in [1.807, 2.05) is 62.4 Å². The van der Waals surface area contributed by atoms with Crippen molar-refractivity contribution in [3.63, 3.8) is 0 Å². The van der Waals surface area contributed by atoms with Crippen molar-refractivity contribution in [2.75, 3.05) is 13.7 Å². The number of furan rings is 1. The lowest BCUT2D eigenvalue weighted by atomic mass is 10.1. The van der Waals surface area contributed by atoms with Gasteiger partial charge in [0.15, 0.2) is 11.3 Å². The van der Waals surface area contributed by atoms with E-state index in [9.17, 15) is 4.79 Å². The van der Waals surface area contributed by atoms with Gasteiger partial charge in [-0.25, -0.2) is 0 Å². The fourth-order valence-electron chi connectivity index (χ4n) is 2.83. The number of hydrogen-bond acceptors (Lipinski definition) is 4. The summed E-state index contributed by atoms with van der Waals surface area (Å²) in [5.41, 5.74) is 1.64. The molecule has 1 N–H and O–H groups in total. The highest BCUT2D eigenvalue weighted by Crippen LogP contribution is 2.31. The summed E-state index contributed by atoms with van der Waals surface area (Å²) in [5, 5.41) is 3.94. The predicted octanol–water partition coefficient (Wildman–Crippen LogP) is 4.26. The summed E-state index contributed by atoms with van der Waals surface area (Å²) in [6, 6.07) is 15.0. The maximum absolute atomic E-state index is 12.3. The number of ether oxygens (including phenoxy) is 2. The molecule has 0 saturated heterocycles. The molecule has 5 heteroatoms. The number of para-hydroxylation sites is 1. The Morgan fingerprint density at radius 1 is 1.19 bits per heavy atom. The van der Waals surface area contributed by atoms with Crippen molar-refractivity contribution in [2.45, 2.75) is 26.3 Å². The quantitative estimate of drug-likeness (QED) is 0.689. The second kappa shape index (κ2) is 7.95. The fourth-order valence-corrected chi connectivity index (χ4v) is 2.83. The predicted molar refractivity (Wildman–Crippen MR) is 101 cm³/mol. The van der Waals surface area contributed by atoms with Crippen LogP contribution in [-0.4, -0.2) is 19.6 Å². The molecule has 1 unspecified atom stereocenters. The first-order chi connectivity index (χ1) is 12.6. The monoisotopic (exact) mass is 353 g/mol. The van der Waals surface area contributed by atoms with E-state index < -0.39 is 0 Å². The van der Waals surface area contributed by atoms with Crippen molar-refractivity contribution in [1.29, 1.82) is 0 Å². The Labute approximate surface area is 152 Å². The molecule has 26 heavy (non-hydrogen) atoms. The van der Waals surface area contributed by atoms with Crippen LogP contribution in [0.4, 0.5) is 0 Å². The highest BCUT2D eigenvalue weighted by atomic mass is 16.5. The Morgan fingerprint density at radius 2 is 1.96 bits per heavy atom. The normalized spacial score (nSPS) is 12.0. The van der Waals surface area contributed by atoms with Crippen molar-refractivity contribution < 1.29 is 18.7 Å². The van der Waals surface area contributed by atoms with Crippen molar-refractivity contribution in [3.05, 3.63) is 59.9 Å². The maximum atomic E-state index is 12.3. The zero-order valence-electron chi connectivity index (χ0n) is 15.2. The number of hydrogen-bond donors (Lipinski definition) is 1. The molecule has 0 bridgehead atoms. The van der Waals surface area contributed by atoms with Gasteiger partial charge >= 0.3 is 0 Å². The maximum Gasteiger partial charge on any atom is 0.224 e. The summed E-state index contributed by atoms with van der Waals surface area (Å²) in [5.74, 6) is 2.13. The molecule has 3 aromatic rings. The van der Waals surface area contributed by atoms with E-state index >= 15 is 0 Å². The average molecular weight is 353 g/mol. The van der Waals surface area contributed by atoms with Crippen LogP contribution in [0.5, 0.6) is 11.5 Å². The van der Waals surface area contributed by atoms with E-state index in [1.165, 1.54) is 0 Å². The third-order valence-electron chi connectivity index (χ3n) is 4.15. The molecule has 0 spiro atoms. The zero-order valence-corrected chi connectivity index (χ0v) is 15.2. The Bertz CT molecular complexity index is 883. The van der Waals surface area contributed by atoms with Crippen LogP contribution in [0.25, 0.3) is 11.0 Å². The van der Waals surface area contributed by atoms with Gasteiger partial charge in [0.1, 0.15) is 11.5 Å². The van der Waals surface area contributed by atoms with Gasteiger partial charge in [-0.3, -0.25) is 4.79 Å². The lowest BCUT2D eigenvalue weighted by molar-refractivity contribution is -0.121. The first kappa shape index (κ1) is 17.9. The first-order valence-electron chi connectivity index (χ1n) is 8.68. The molecule has 1 amide bonds. The molecule has 1 heterocycles. The Balaban J connectivity index is 1.68. The number of nitrogens with one attached hydrogen (secondary N) is 1. The van der Waals surface area contributed by atoms with Crippen LogP contribution in [0, 0.1) is 0 Å². The number of amides is 1. The van der Waals surface area contributed by atoms with E-state index in [4.69, 9.17) is 13.9 Å². The van der Waals surface area contributed by atoms with Crippen LogP contribution < -0.4 is 14.8 Å². The second-order valence-electron chi connectivity index (χ2n) is 6.07. The van der Waals surface area contributed by atoms with Crippen LogP contribution in [-0.2, 0) is 11.2 Å². The van der Waals surface area contributed by atoms with Gasteiger partial charge in [-0.15, -0.1) is 0 Å². The molecule has 0 aliphatic rings. The lowest BCUT2D eigenvalue weighted by Crippen LogP contribution is -2.27. The molecular weight excluding hydrogens is 330 g/mol.